The first-order valence-electron chi connectivity index (χ1n) is 7.28. The van der Waals surface area contributed by atoms with E-state index in [1.165, 1.54) is 11.1 Å². The van der Waals surface area contributed by atoms with E-state index in [9.17, 15) is 0 Å². The summed E-state index contributed by atoms with van der Waals surface area (Å²) in [6.07, 6.45) is 6.64. The molecule has 0 fully saturated rings. The fraction of sp³-hybridized carbons (Fsp3) is 0.263. The third-order valence-corrected chi connectivity index (χ3v) is 3.63. The van der Waals surface area contributed by atoms with Crippen LogP contribution in [-0.4, -0.2) is 0 Å². The predicted molar refractivity (Wildman–Crippen MR) is 86.4 cm³/mol. The molecule has 0 heterocycles. The largest absolute Gasteiger partial charge is 0.323 e. The van der Waals surface area contributed by atoms with E-state index in [-0.39, 0.29) is 6.04 Å². The highest BCUT2D eigenvalue weighted by Gasteiger charge is 2.11. The summed E-state index contributed by atoms with van der Waals surface area (Å²) in [5.41, 5.74) is 8.87. The number of hydrogen-bond acceptors (Lipinski definition) is 1. The Hall–Kier alpha value is -1.86. The molecular formula is C19H23N. The molecule has 0 amide bonds. The predicted octanol–water partition coefficient (Wildman–Crippen LogP) is 4.51. The van der Waals surface area contributed by atoms with Crippen molar-refractivity contribution in [1.29, 1.82) is 0 Å². The molecule has 2 atom stereocenters. The summed E-state index contributed by atoms with van der Waals surface area (Å²) in [6, 6.07) is 21.0. The number of hydrogen-bond donors (Lipinski definition) is 1. The van der Waals surface area contributed by atoms with Gasteiger partial charge in [0.25, 0.3) is 0 Å². The molecule has 2 aromatic carbocycles. The zero-order chi connectivity index (χ0) is 14.2. The van der Waals surface area contributed by atoms with Gasteiger partial charge in [-0.3, -0.25) is 0 Å². The minimum atomic E-state index is 0.0733. The summed E-state index contributed by atoms with van der Waals surface area (Å²) in [7, 11) is 0. The van der Waals surface area contributed by atoms with E-state index >= 15 is 0 Å². The van der Waals surface area contributed by atoms with Gasteiger partial charge in [0.15, 0.2) is 0 Å². The first kappa shape index (κ1) is 14.5. The van der Waals surface area contributed by atoms with Crippen molar-refractivity contribution in [3.05, 3.63) is 83.9 Å². The summed E-state index contributed by atoms with van der Waals surface area (Å²) in [6.45, 7) is 2.18. The maximum atomic E-state index is 6.28. The Balaban J connectivity index is 1.82. The SMILES string of the molecule is C[C@@H](/C=C/CCc1ccccc1)[C@H](N)c1ccccc1. The molecule has 0 radical (unpaired) electrons. The van der Waals surface area contributed by atoms with Gasteiger partial charge < -0.3 is 5.73 Å². The van der Waals surface area contributed by atoms with Gasteiger partial charge in [-0.2, -0.15) is 0 Å². The molecule has 0 unspecified atom stereocenters. The molecule has 0 saturated carbocycles. The molecule has 0 aliphatic rings. The van der Waals surface area contributed by atoms with Gasteiger partial charge in [-0.15, -0.1) is 0 Å². The molecule has 0 saturated heterocycles. The Kier molecular flexibility index (Phi) is 5.57. The average molecular weight is 265 g/mol. The molecule has 0 bridgehead atoms. The summed E-state index contributed by atoms with van der Waals surface area (Å²) >= 11 is 0. The molecule has 0 aliphatic heterocycles. The van der Waals surface area contributed by atoms with Crippen LogP contribution in [0.2, 0.25) is 0 Å². The number of nitrogens with two attached hydrogens (primary N) is 1. The maximum Gasteiger partial charge on any atom is 0.0355 e. The van der Waals surface area contributed by atoms with Crippen molar-refractivity contribution in [2.75, 3.05) is 0 Å². The summed E-state index contributed by atoms with van der Waals surface area (Å²) in [5, 5.41) is 0. The second-order valence-corrected chi connectivity index (χ2v) is 5.25. The Morgan fingerprint density at radius 2 is 1.55 bits per heavy atom. The van der Waals surface area contributed by atoms with E-state index in [0.29, 0.717) is 5.92 Å². The molecule has 2 N–H and O–H groups in total. The van der Waals surface area contributed by atoms with Crippen LogP contribution in [0.25, 0.3) is 0 Å². The quantitative estimate of drug-likeness (QED) is 0.764. The fourth-order valence-electron chi connectivity index (χ4n) is 2.30. The van der Waals surface area contributed by atoms with E-state index in [0.717, 1.165) is 12.8 Å². The second-order valence-electron chi connectivity index (χ2n) is 5.25. The molecule has 0 aromatic heterocycles. The minimum Gasteiger partial charge on any atom is -0.323 e. The summed E-state index contributed by atoms with van der Waals surface area (Å²) in [4.78, 5) is 0. The molecule has 20 heavy (non-hydrogen) atoms. The molecule has 1 heteroatoms. The molecule has 2 rings (SSSR count). The lowest BCUT2D eigenvalue weighted by molar-refractivity contribution is 0.565. The van der Waals surface area contributed by atoms with Gasteiger partial charge in [0, 0.05) is 6.04 Å². The Labute approximate surface area is 122 Å². The maximum absolute atomic E-state index is 6.28. The summed E-state index contributed by atoms with van der Waals surface area (Å²) < 4.78 is 0. The minimum absolute atomic E-state index is 0.0733. The van der Waals surface area contributed by atoms with Gasteiger partial charge in [0.2, 0.25) is 0 Å². The number of aryl methyl sites for hydroxylation is 1. The van der Waals surface area contributed by atoms with E-state index in [1.54, 1.807) is 0 Å². The number of benzene rings is 2. The Bertz CT molecular complexity index is 516. The number of allylic oxidation sites excluding steroid dienone is 1. The lowest BCUT2D eigenvalue weighted by Crippen LogP contribution is -2.17. The smallest absolute Gasteiger partial charge is 0.0355 e. The highest BCUT2D eigenvalue weighted by Crippen LogP contribution is 2.20. The van der Waals surface area contributed by atoms with Crippen LogP contribution >= 0.6 is 0 Å². The van der Waals surface area contributed by atoms with Crippen molar-refractivity contribution in [2.24, 2.45) is 11.7 Å². The van der Waals surface area contributed by atoms with Crippen LogP contribution in [0.3, 0.4) is 0 Å². The first-order chi connectivity index (χ1) is 9.77. The van der Waals surface area contributed by atoms with Crippen molar-refractivity contribution in [3.63, 3.8) is 0 Å². The van der Waals surface area contributed by atoms with E-state index in [1.807, 2.05) is 18.2 Å². The van der Waals surface area contributed by atoms with Crippen molar-refractivity contribution >= 4 is 0 Å². The first-order valence-corrected chi connectivity index (χ1v) is 7.28. The van der Waals surface area contributed by atoms with Crippen molar-refractivity contribution < 1.29 is 0 Å². The van der Waals surface area contributed by atoms with Crippen molar-refractivity contribution in [2.45, 2.75) is 25.8 Å². The third-order valence-electron chi connectivity index (χ3n) is 3.63. The Morgan fingerprint density at radius 3 is 2.20 bits per heavy atom. The zero-order valence-corrected chi connectivity index (χ0v) is 12.1. The van der Waals surface area contributed by atoms with E-state index in [4.69, 9.17) is 5.73 Å². The van der Waals surface area contributed by atoms with E-state index < -0.39 is 0 Å². The van der Waals surface area contributed by atoms with E-state index in [2.05, 4.69) is 61.5 Å². The Morgan fingerprint density at radius 1 is 0.950 bits per heavy atom. The van der Waals surface area contributed by atoms with Crippen LogP contribution in [0.5, 0.6) is 0 Å². The zero-order valence-electron chi connectivity index (χ0n) is 12.1. The van der Waals surface area contributed by atoms with Crippen LogP contribution in [-0.2, 0) is 6.42 Å². The van der Waals surface area contributed by atoms with Crippen molar-refractivity contribution in [1.82, 2.24) is 0 Å². The van der Waals surface area contributed by atoms with Gasteiger partial charge in [0.1, 0.15) is 0 Å². The molecule has 0 aliphatic carbocycles. The lowest BCUT2D eigenvalue weighted by atomic mass is 9.94. The van der Waals surface area contributed by atoms with Crippen LogP contribution in [0.1, 0.15) is 30.5 Å². The molecule has 104 valence electrons. The summed E-state index contributed by atoms with van der Waals surface area (Å²) in [5.74, 6) is 0.355. The molecule has 0 spiro atoms. The van der Waals surface area contributed by atoms with Crippen molar-refractivity contribution in [3.8, 4) is 0 Å². The lowest BCUT2D eigenvalue weighted by Gasteiger charge is -2.16. The topological polar surface area (TPSA) is 26.0 Å². The molecular weight excluding hydrogens is 242 g/mol. The highest BCUT2D eigenvalue weighted by atomic mass is 14.6. The van der Waals surface area contributed by atoms with Crippen LogP contribution in [0.4, 0.5) is 0 Å². The van der Waals surface area contributed by atoms with Crippen LogP contribution in [0.15, 0.2) is 72.8 Å². The monoisotopic (exact) mass is 265 g/mol. The normalized spacial score (nSPS) is 14.3. The van der Waals surface area contributed by atoms with Gasteiger partial charge in [-0.1, -0.05) is 79.7 Å². The van der Waals surface area contributed by atoms with Crippen LogP contribution < -0.4 is 5.73 Å². The van der Waals surface area contributed by atoms with Gasteiger partial charge in [-0.05, 0) is 29.9 Å². The van der Waals surface area contributed by atoms with Gasteiger partial charge in [0.05, 0.1) is 0 Å². The average Bonchev–Trinajstić information content (AvgIpc) is 2.52. The van der Waals surface area contributed by atoms with Crippen LogP contribution in [0, 0.1) is 5.92 Å². The highest BCUT2D eigenvalue weighted by molar-refractivity contribution is 5.20. The fourth-order valence-corrected chi connectivity index (χ4v) is 2.30. The molecule has 1 nitrogen and oxygen atoms in total. The van der Waals surface area contributed by atoms with Gasteiger partial charge in [-0.25, -0.2) is 0 Å². The number of rotatable bonds is 6. The van der Waals surface area contributed by atoms with Gasteiger partial charge >= 0.3 is 0 Å². The standard InChI is InChI=1S/C19H23N/c1-16(19(20)18-14-6-3-7-15-18)10-8-9-13-17-11-4-2-5-12-17/h2-8,10-12,14-16,19H,9,13,20H2,1H3/b10-8+/t16-,19-/m0/s1. The third kappa shape index (κ3) is 4.36. The second kappa shape index (κ2) is 7.66. The molecule has 2 aromatic rings.